The molecule has 2 aromatic rings. The van der Waals surface area contributed by atoms with Crippen molar-refractivity contribution in [2.75, 3.05) is 5.32 Å². The fourth-order valence-corrected chi connectivity index (χ4v) is 8.45. The molecular weight excluding hydrogens is 394 g/mol. The van der Waals surface area contributed by atoms with Crippen molar-refractivity contribution >= 4 is 23.4 Å². The van der Waals surface area contributed by atoms with E-state index in [1.54, 1.807) is 4.68 Å². The van der Waals surface area contributed by atoms with Gasteiger partial charge in [0, 0.05) is 11.8 Å². The van der Waals surface area contributed by atoms with E-state index >= 15 is 0 Å². The third-order valence-corrected chi connectivity index (χ3v) is 9.15. The maximum absolute atomic E-state index is 13.1. The molecule has 30 heavy (non-hydrogen) atoms. The van der Waals surface area contributed by atoms with Crippen LogP contribution in [0.4, 0.5) is 5.69 Å². The van der Waals surface area contributed by atoms with Crippen LogP contribution in [0, 0.1) is 24.7 Å². The van der Waals surface area contributed by atoms with Gasteiger partial charge in [-0.05, 0) is 82.3 Å². The third-order valence-electron chi connectivity index (χ3n) is 7.58. The van der Waals surface area contributed by atoms with Crippen molar-refractivity contribution < 1.29 is 4.79 Å². The zero-order chi connectivity index (χ0) is 21.0. The molecular formula is C24H31N3O2S. The number of aromatic nitrogens is 2. The number of thioether (sulfide) groups is 1. The molecule has 4 aliphatic rings. The predicted octanol–water partition coefficient (Wildman–Crippen LogP) is 4.51. The molecule has 4 saturated carbocycles. The topological polar surface area (TPSA) is 56.0 Å². The Morgan fingerprint density at radius 3 is 2.23 bits per heavy atom. The van der Waals surface area contributed by atoms with Crippen molar-refractivity contribution in [2.24, 2.45) is 24.8 Å². The van der Waals surface area contributed by atoms with E-state index in [1.165, 1.54) is 38.5 Å². The molecule has 1 amide bonds. The molecule has 5 nitrogen and oxygen atoms in total. The van der Waals surface area contributed by atoms with Gasteiger partial charge in [-0.3, -0.25) is 14.3 Å². The van der Waals surface area contributed by atoms with E-state index in [2.05, 4.69) is 5.32 Å². The molecule has 4 aliphatic carbocycles. The molecule has 4 fully saturated rings. The number of hydrogen-bond acceptors (Lipinski definition) is 3. The van der Waals surface area contributed by atoms with Crippen LogP contribution in [0.1, 0.15) is 51.1 Å². The summed E-state index contributed by atoms with van der Waals surface area (Å²) in [5, 5.41) is 2.82. The summed E-state index contributed by atoms with van der Waals surface area (Å²) in [6.07, 6.45) is 8.03. The zero-order valence-electron chi connectivity index (χ0n) is 18.1. The lowest BCUT2D eigenvalue weighted by Gasteiger charge is -2.57. The fraction of sp³-hybridized carbons (Fsp3) is 0.583. The molecule has 1 atom stereocenters. The summed E-state index contributed by atoms with van der Waals surface area (Å²) in [5.41, 5.74) is 1.78. The van der Waals surface area contributed by atoms with Crippen LogP contribution in [-0.4, -0.2) is 25.3 Å². The largest absolute Gasteiger partial charge is 0.319 e. The quantitative estimate of drug-likeness (QED) is 0.767. The summed E-state index contributed by atoms with van der Waals surface area (Å²) >= 11 is 1.88. The lowest BCUT2D eigenvalue weighted by atomic mass is 9.56. The number of nitrogens with one attached hydrogen (secondary N) is 1. The normalized spacial score (nSPS) is 30.4. The van der Waals surface area contributed by atoms with Gasteiger partial charge in [0.2, 0.25) is 5.91 Å². The zero-order valence-corrected chi connectivity index (χ0v) is 18.9. The van der Waals surface area contributed by atoms with Crippen molar-refractivity contribution in [1.82, 2.24) is 9.36 Å². The van der Waals surface area contributed by atoms with E-state index in [-0.39, 0.29) is 21.5 Å². The van der Waals surface area contributed by atoms with Crippen LogP contribution in [0.25, 0.3) is 5.69 Å². The van der Waals surface area contributed by atoms with E-state index < -0.39 is 0 Å². The minimum absolute atomic E-state index is 0.0539. The first kappa shape index (κ1) is 20.0. The highest BCUT2D eigenvalue weighted by atomic mass is 32.2. The number of amides is 1. The second-order valence-corrected chi connectivity index (χ2v) is 11.6. The highest BCUT2D eigenvalue weighted by Crippen LogP contribution is 2.61. The van der Waals surface area contributed by atoms with Gasteiger partial charge >= 0.3 is 0 Å². The standard InChI is InChI=1S/C24H31N3O2S/c1-15-21(23(29)27(26(15)3)20-7-5-4-6-8-20)25-22(28)16(2)30-24-12-17-9-18(13-24)11-19(10-17)14-24/h4-8,16-19H,9-14H2,1-3H3,(H,25,28)/t16-,17?,18?,19?,24?/m0/s1. The molecule has 0 spiro atoms. The molecule has 160 valence electrons. The highest BCUT2D eigenvalue weighted by Gasteiger charge is 2.52. The lowest BCUT2D eigenvalue weighted by Crippen LogP contribution is -2.49. The Morgan fingerprint density at radius 1 is 1.10 bits per heavy atom. The van der Waals surface area contributed by atoms with Gasteiger partial charge < -0.3 is 5.32 Å². The number of nitrogens with zero attached hydrogens (tertiary/aromatic N) is 2. The average molecular weight is 426 g/mol. The number of carbonyl (C=O) groups excluding carboxylic acids is 1. The number of hydrogen-bond donors (Lipinski definition) is 1. The van der Waals surface area contributed by atoms with E-state index in [1.807, 2.05) is 67.7 Å². The second-order valence-electron chi connectivity index (χ2n) is 9.79. The first-order valence-corrected chi connectivity index (χ1v) is 12.1. The van der Waals surface area contributed by atoms with Crippen LogP contribution in [0.2, 0.25) is 0 Å². The summed E-state index contributed by atoms with van der Waals surface area (Å²) in [5.74, 6) is 2.55. The first-order chi connectivity index (χ1) is 14.3. The van der Waals surface area contributed by atoms with E-state index in [0.717, 1.165) is 29.1 Å². The highest BCUT2D eigenvalue weighted by molar-refractivity contribution is 8.01. The summed E-state index contributed by atoms with van der Waals surface area (Å²) in [4.78, 5) is 26.2. The Hall–Kier alpha value is -1.95. The first-order valence-electron chi connectivity index (χ1n) is 11.2. The molecule has 0 unspecified atom stereocenters. The van der Waals surface area contributed by atoms with Crippen molar-refractivity contribution in [3.05, 3.63) is 46.4 Å². The number of para-hydroxylation sites is 1. The van der Waals surface area contributed by atoms with Crippen LogP contribution >= 0.6 is 11.8 Å². The minimum Gasteiger partial charge on any atom is -0.319 e. The van der Waals surface area contributed by atoms with Crippen LogP contribution in [0.15, 0.2) is 35.1 Å². The third kappa shape index (κ3) is 3.33. The minimum atomic E-state index is -0.179. The molecule has 1 N–H and O–H groups in total. The van der Waals surface area contributed by atoms with Crippen LogP contribution in [-0.2, 0) is 11.8 Å². The van der Waals surface area contributed by atoms with Crippen molar-refractivity contribution in [2.45, 2.75) is 62.4 Å². The molecule has 1 aromatic heterocycles. The number of carbonyl (C=O) groups is 1. The van der Waals surface area contributed by atoms with Gasteiger partial charge in [-0.25, -0.2) is 4.68 Å². The lowest BCUT2D eigenvalue weighted by molar-refractivity contribution is -0.115. The molecule has 6 heteroatoms. The van der Waals surface area contributed by atoms with Gasteiger partial charge in [0.05, 0.1) is 16.6 Å². The molecule has 0 radical (unpaired) electrons. The van der Waals surface area contributed by atoms with Crippen molar-refractivity contribution in [3.63, 3.8) is 0 Å². The van der Waals surface area contributed by atoms with Crippen molar-refractivity contribution in [1.29, 1.82) is 0 Å². The molecule has 1 heterocycles. The molecule has 0 aliphatic heterocycles. The summed E-state index contributed by atoms with van der Waals surface area (Å²) in [6, 6.07) is 9.55. The van der Waals surface area contributed by atoms with Gasteiger partial charge in [0.1, 0.15) is 5.69 Å². The summed E-state index contributed by atoms with van der Waals surface area (Å²) < 4.78 is 3.70. The second kappa shape index (κ2) is 7.33. The number of rotatable bonds is 5. The monoisotopic (exact) mass is 425 g/mol. The Balaban J connectivity index is 1.34. The Bertz CT molecular complexity index is 988. The van der Waals surface area contributed by atoms with Gasteiger partial charge in [-0.15, -0.1) is 11.8 Å². The average Bonchev–Trinajstić information content (AvgIpc) is 2.90. The molecule has 1 aromatic carbocycles. The number of benzene rings is 1. The van der Waals surface area contributed by atoms with Crippen LogP contribution in [0.3, 0.4) is 0 Å². The molecule has 0 saturated heterocycles. The van der Waals surface area contributed by atoms with Crippen LogP contribution in [0.5, 0.6) is 0 Å². The maximum atomic E-state index is 13.1. The van der Waals surface area contributed by atoms with Gasteiger partial charge in [-0.2, -0.15) is 0 Å². The summed E-state index contributed by atoms with van der Waals surface area (Å²) in [6.45, 7) is 3.89. The predicted molar refractivity (Wildman–Crippen MR) is 122 cm³/mol. The van der Waals surface area contributed by atoms with Gasteiger partial charge in [-0.1, -0.05) is 18.2 Å². The smallest absolute Gasteiger partial charge is 0.295 e. The Kier molecular flexibility index (Phi) is 4.88. The Morgan fingerprint density at radius 2 is 1.67 bits per heavy atom. The number of anilines is 1. The Labute approximate surface area is 182 Å². The van der Waals surface area contributed by atoms with Gasteiger partial charge in [0.15, 0.2) is 0 Å². The van der Waals surface area contributed by atoms with E-state index in [4.69, 9.17) is 0 Å². The van der Waals surface area contributed by atoms with Gasteiger partial charge in [0.25, 0.3) is 5.56 Å². The van der Waals surface area contributed by atoms with E-state index in [0.29, 0.717) is 5.69 Å². The fourth-order valence-electron chi connectivity index (χ4n) is 6.54. The van der Waals surface area contributed by atoms with E-state index in [9.17, 15) is 9.59 Å². The maximum Gasteiger partial charge on any atom is 0.295 e. The summed E-state index contributed by atoms with van der Waals surface area (Å²) in [7, 11) is 1.85. The molecule has 6 rings (SSSR count). The van der Waals surface area contributed by atoms with Crippen molar-refractivity contribution in [3.8, 4) is 5.69 Å². The SMILES string of the molecule is Cc1c(NC(=O)[C@H](C)SC23CC4CC(CC(C4)C2)C3)c(=O)n(-c2ccccc2)n1C. The molecule has 4 bridgehead atoms. The van der Waals surface area contributed by atoms with Crippen LogP contribution < -0.4 is 10.9 Å².